The SMILES string of the molecule is CCN(CCCC1CCCO1)CC(N)=NO. The van der Waals surface area contributed by atoms with Crippen molar-refractivity contribution < 1.29 is 9.94 Å². The minimum Gasteiger partial charge on any atom is -0.409 e. The third-order valence-electron chi connectivity index (χ3n) is 2.99. The smallest absolute Gasteiger partial charge is 0.153 e. The summed E-state index contributed by atoms with van der Waals surface area (Å²) in [6.45, 7) is 5.44. The molecule has 0 amide bonds. The molecule has 0 aromatic heterocycles. The summed E-state index contributed by atoms with van der Waals surface area (Å²) in [5.74, 6) is 0.277. The van der Waals surface area contributed by atoms with Crippen molar-refractivity contribution in [3.8, 4) is 0 Å². The maximum Gasteiger partial charge on any atom is 0.153 e. The van der Waals surface area contributed by atoms with Crippen molar-refractivity contribution in [1.29, 1.82) is 0 Å². The third kappa shape index (κ3) is 4.81. The summed E-state index contributed by atoms with van der Waals surface area (Å²) in [7, 11) is 0. The van der Waals surface area contributed by atoms with E-state index in [1.54, 1.807) is 0 Å². The lowest BCUT2D eigenvalue weighted by atomic mass is 10.1. The molecule has 1 unspecified atom stereocenters. The van der Waals surface area contributed by atoms with E-state index in [1.807, 2.05) is 0 Å². The van der Waals surface area contributed by atoms with Crippen molar-refractivity contribution in [2.45, 2.75) is 38.7 Å². The van der Waals surface area contributed by atoms with Gasteiger partial charge in [0.05, 0.1) is 12.6 Å². The van der Waals surface area contributed by atoms with E-state index in [2.05, 4.69) is 17.0 Å². The highest BCUT2D eigenvalue weighted by Gasteiger charge is 2.15. The normalized spacial score (nSPS) is 21.9. The zero-order valence-corrected chi connectivity index (χ0v) is 10.1. The first-order chi connectivity index (χ1) is 7.76. The Hall–Kier alpha value is -0.810. The summed E-state index contributed by atoms with van der Waals surface area (Å²) in [4.78, 5) is 2.17. The summed E-state index contributed by atoms with van der Waals surface area (Å²) in [5.41, 5.74) is 5.48. The fourth-order valence-electron chi connectivity index (χ4n) is 2.02. The first-order valence-electron chi connectivity index (χ1n) is 6.06. The fourth-order valence-corrected chi connectivity index (χ4v) is 2.02. The van der Waals surface area contributed by atoms with Crippen LogP contribution in [0, 0.1) is 0 Å². The Bertz CT molecular complexity index is 215. The Morgan fingerprint density at radius 1 is 1.62 bits per heavy atom. The van der Waals surface area contributed by atoms with E-state index in [4.69, 9.17) is 15.7 Å². The number of nitrogens with two attached hydrogens (primary N) is 1. The molecule has 0 radical (unpaired) electrons. The molecule has 1 rings (SSSR count). The first-order valence-corrected chi connectivity index (χ1v) is 6.06. The standard InChI is InChI=1S/C11H23N3O2/c1-2-14(9-11(12)13-15)7-3-5-10-6-4-8-16-10/h10,15H,2-9H2,1H3,(H2,12,13). The number of likely N-dealkylation sites (N-methyl/N-ethyl adjacent to an activating group) is 1. The monoisotopic (exact) mass is 229 g/mol. The minimum absolute atomic E-state index is 0.277. The lowest BCUT2D eigenvalue weighted by Crippen LogP contribution is -2.34. The Kier molecular flexibility index (Phi) is 6.18. The molecule has 1 fully saturated rings. The van der Waals surface area contributed by atoms with Gasteiger partial charge in [-0.15, -0.1) is 0 Å². The maximum absolute atomic E-state index is 8.49. The average Bonchev–Trinajstić information content (AvgIpc) is 2.80. The van der Waals surface area contributed by atoms with E-state index in [0.29, 0.717) is 12.6 Å². The molecule has 1 atom stereocenters. The molecule has 0 spiro atoms. The van der Waals surface area contributed by atoms with Crippen LogP contribution in [0.4, 0.5) is 0 Å². The Balaban J connectivity index is 2.12. The number of oxime groups is 1. The van der Waals surface area contributed by atoms with Gasteiger partial charge in [-0.2, -0.15) is 0 Å². The molecule has 0 saturated carbocycles. The van der Waals surface area contributed by atoms with Gasteiger partial charge in [0, 0.05) is 6.61 Å². The summed E-state index contributed by atoms with van der Waals surface area (Å²) < 4.78 is 5.56. The summed E-state index contributed by atoms with van der Waals surface area (Å²) in [6.07, 6.45) is 5.09. The van der Waals surface area contributed by atoms with Crippen molar-refractivity contribution in [3.05, 3.63) is 0 Å². The van der Waals surface area contributed by atoms with Crippen LogP contribution in [0.1, 0.15) is 32.6 Å². The van der Waals surface area contributed by atoms with Crippen LogP contribution in [0.5, 0.6) is 0 Å². The highest BCUT2D eigenvalue weighted by Crippen LogP contribution is 2.16. The second-order valence-electron chi connectivity index (χ2n) is 4.24. The Labute approximate surface area is 97.2 Å². The topological polar surface area (TPSA) is 71.1 Å². The minimum atomic E-state index is 0.277. The van der Waals surface area contributed by atoms with E-state index in [1.165, 1.54) is 12.8 Å². The summed E-state index contributed by atoms with van der Waals surface area (Å²) >= 11 is 0. The van der Waals surface area contributed by atoms with Crippen LogP contribution in [0.3, 0.4) is 0 Å². The Morgan fingerprint density at radius 3 is 3.00 bits per heavy atom. The first kappa shape index (κ1) is 13.3. The van der Waals surface area contributed by atoms with Crippen molar-refractivity contribution in [3.63, 3.8) is 0 Å². The second-order valence-corrected chi connectivity index (χ2v) is 4.24. The molecule has 94 valence electrons. The van der Waals surface area contributed by atoms with E-state index >= 15 is 0 Å². The number of rotatable bonds is 7. The van der Waals surface area contributed by atoms with E-state index < -0.39 is 0 Å². The van der Waals surface area contributed by atoms with Gasteiger partial charge in [0.2, 0.25) is 0 Å². The summed E-state index contributed by atoms with van der Waals surface area (Å²) in [5, 5.41) is 11.5. The number of amidine groups is 1. The van der Waals surface area contributed by atoms with Crippen LogP contribution >= 0.6 is 0 Å². The zero-order chi connectivity index (χ0) is 11.8. The van der Waals surface area contributed by atoms with Crippen LogP contribution in [0.2, 0.25) is 0 Å². The van der Waals surface area contributed by atoms with Crippen LogP contribution in [0.15, 0.2) is 5.16 Å². The molecule has 0 aliphatic carbocycles. The van der Waals surface area contributed by atoms with Gasteiger partial charge in [-0.3, -0.25) is 4.90 Å². The number of hydrogen-bond donors (Lipinski definition) is 2. The molecule has 1 aliphatic rings. The van der Waals surface area contributed by atoms with Gasteiger partial charge in [0.15, 0.2) is 5.84 Å². The predicted octanol–water partition coefficient (Wildman–Crippen LogP) is 1.01. The lowest BCUT2D eigenvalue weighted by molar-refractivity contribution is 0.0995. The van der Waals surface area contributed by atoms with Crippen LogP contribution < -0.4 is 5.73 Å². The number of hydrogen-bond acceptors (Lipinski definition) is 4. The molecule has 1 heterocycles. The van der Waals surface area contributed by atoms with Gasteiger partial charge in [-0.25, -0.2) is 0 Å². The number of ether oxygens (including phenoxy) is 1. The van der Waals surface area contributed by atoms with Gasteiger partial charge in [0.1, 0.15) is 0 Å². The molecule has 3 N–H and O–H groups in total. The molecular formula is C11H23N3O2. The van der Waals surface area contributed by atoms with Crippen molar-refractivity contribution in [2.75, 3.05) is 26.2 Å². The van der Waals surface area contributed by atoms with E-state index in [9.17, 15) is 0 Å². The second kappa shape index (κ2) is 7.46. The molecule has 16 heavy (non-hydrogen) atoms. The highest BCUT2D eigenvalue weighted by atomic mass is 16.5. The molecule has 0 bridgehead atoms. The zero-order valence-electron chi connectivity index (χ0n) is 10.1. The van der Waals surface area contributed by atoms with Gasteiger partial charge in [-0.05, 0) is 38.8 Å². The van der Waals surface area contributed by atoms with Crippen molar-refractivity contribution in [1.82, 2.24) is 4.90 Å². The van der Waals surface area contributed by atoms with Crippen molar-refractivity contribution in [2.24, 2.45) is 10.9 Å². The van der Waals surface area contributed by atoms with E-state index in [0.717, 1.165) is 32.5 Å². The molecular weight excluding hydrogens is 206 g/mol. The van der Waals surface area contributed by atoms with E-state index in [-0.39, 0.29) is 5.84 Å². The quantitative estimate of drug-likeness (QED) is 0.296. The predicted molar refractivity (Wildman–Crippen MR) is 63.7 cm³/mol. The fraction of sp³-hybridized carbons (Fsp3) is 0.909. The van der Waals surface area contributed by atoms with Crippen LogP contribution in [-0.2, 0) is 4.74 Å². The summed E-state index contributed by atoms with van der Waals surface area (Å²) in [6, 6.07) is 0. The Morgan fingerprint density at radius 2 is 2.44 bits per heavy atom. The van der Waals surface area contributed by atoms with Crippen molar-refractivity contribution >= 4 is 5.84 Å². The maximum atomic E-state index is 8.49. The average molecular weight is 229 g/mol. The van der Waals surface area contributed by atoms with Gasteiger partial charge < -0.3 is 15.7 Å². The van der Waals surface area contributed by atoms with Crippen LogP contribution in [0.25, 0.3) is 0 Å². The largest absolute Gasteiger partial charge is 0.409 e. The lowest BCUT2D eigenvalue weighted by Gasteiger charge is -2.20. The van der Waals surface area contributed by atoms with Gasteiger partial charge in [-0.1, -0.05) is 12.1 Å². The molecule has 5 nitrogen and oxygen atoms in total. The number of nitrogens with zero attached hydrogens (tertiary/aromatic N) is 2. The molecule has 1 aliphatic heterocycles. The molecule has 1 saturated heterocycles. The highest BCUT2D eigenvalue weighted by molar-refractivity contribution is 5.81. The third-order valence-corrected chi connectivity index (χ3v) is 2.99. The van der Waals surface area contributed by atoms with Crippen LogP contribution in [-0.4, -0.2) is 48.3 Å². The molecule has 0 aromatic rings. The molecule has 0 aromatic carbocycles. The van der Waals surface area contributed by atoms with Gasteiger partial charge in [0.25, 0.3) is 0 Å². The van der Waals surface area contributed by atoms with Gasteiger partial charge >= 0.3 is 0 Å². The molecule has 5 heteroatoms.